The highest BCUT2D eigenvalue weighted by Gasteiger charge is 2.09. The highest BCUT2D eigenvalue weighted by Crippen LogP contribution is 2.06. The molecule has 82 valence electrons. The molecular formula is C10H13ClN2O2. The van der Waals surface area contributed by atoms with E-state index < -0.39 is 5.24 Å². The molecule has 5 heteroatoms. The summed E-state index contributed by atoms with van der Waals surface area (Å²) in [5.41, 5.74) is 1.14. The highest BCUT2D eigenvalue weighted by atomic mass is 35.5. The number of nitrogens with one attached hydrogen (secondary N) is 1. The molecule has 0 saturated heterocycles. The van der Waals surface area contributed by atoms with E-state index in [0.717, 1.165) is 5.69 Å². The molecule has 0 atom stereocenters. The Labute approximate surface area is 92.7 Å². The van der Waals surface area contributed by atoms with Crippen molar-refractivity contribution in [3.05, 3.63) is 27.4 Å². The Morgan fingerprint density at radius 1 is 1.53 bits per heavy atom. The zero-order valence-electron chi connectivity index (χ0n) is 8.76. The third-order valence-electron chi connectivity index (χ3n) is 2.13. The summed E-state index contributed by atoms with van der Waals surface area (Å²) in [7, 11) is 0. The number of halogens is 1. The second kappa shape index (κ2) is 5.07. The Bertz CT molecular complexity index is 426. The van der Waals surface area contributed by atoms with Crippen LogP contribution in [0.1, 0.15) is 30.4 Å². The quantitative estimate of drug-likeness (QED) is 0.791. The van der Waals surface area contributed by atoms with Crippen LogP contribution >= 0.6 is 11.6 Å². The van der Waals surface area contributed by atoms with Crippen LogP contribution in [-0.2, 0) is 17.6 Å². The number of aromatic amines is 1. The molecule has 1 heterocycles. The molecule has 0 amide bonds. The Balaban J connectivity index is 3.04. The molecule has 0 radical (unpaired) electrons. The van der Waals surface area contributed by atoms with Gasteiger partial charge in [-0.15, -0.1) is 0 Å². The number of rotatable bonds is 4. The van der Waals surface area contributed by atoms with Crippen molar-refractivity contribution in [2.45, 2.75) is 33.1 Å². The lowest BCUT2D eigenvalue weighted by molar-refractivity contribution is -0.111. The Morgan fingerprint density at radius 2 is 2.20 bits per heavy atom. The summed E-state index contributed by atoms with van der Waals surface area (Å²) >= 11 is 5.24. The molecule has 1 N–H and O–H groups in total. The van der Waals surface area contributed by atoms with E-state index in [1.165, 1.54) is 0 Å². The van der Waals surface area contributed by atoms with Gasteiger partial charge in [0.15, 0.2) is 0 Å². The first-order valence-electron chi connectivity index (χ1n) is 4.81. The van der Waals surface area contributed by atoms with Gasteiger partial charge in [0.25, 0.3) is 5.56 Å². The zero-order valence-corrected chi connectivity index (χ0v) is 9.52. The third-order valence-corrected chi connectivity index (χ3v) is 2.31. The van der Waals surface area contributed by atoms with Crippen LogP contribution in [0, 0.1) is 6.92 Å². The lowest BCUT2D eigenvalue weighted by atomic mass is 10.1. The van der Waals surface area contributed by atoms with Gasteiger partial charge in [0, 0.05) is 12.0 Å². The first kappa shape index (κ1) is 11.9. The number of hydrogen-bond acceptors (Lipinski definition) is 3. The number of hydrogen-bond donors (Lipinski definition) is 1. The predicted octanol–water partition coefficient (Wildman–Crippen LogP) is 1.34. The zero-order chi connectivity index (χ0) is 11.4. The molecule has 0 saturated carbocycles. The van der Waals surface area contributed by atoms with Crippen LogP contribution < -0.4 is 5.56 Å². The van der Waals surface area contributed by atoms with Gasteiger partial charge in [0.05, 0.1) is 5.69 Å². The summed E-state index contributed by atoms with van der Waals surface area (Å²) in [6, 6.07) is 0. The molecule has 0 aliphatic rings. The lowest BCUT2D eigenvalue weighted by Crippen LogP contribution is -2.19. The van der Waals surface area contributed by atoms with Crippen molar-refractivity contribution in [1.82, 2.24) is 9.97 Å². The molecular weight excluding hydrogens is 216 g/mol. The van der Waals surface area contributed by atoms with Crippen molar-refractivity contribution in [2.75, 3.05) is 0 Å². The number of carbonyl (C=O) groups excluding carboxylic acids is 1. The molecule has 0 aromatic carbocycles. The maximum atomic E-state index is 11.6. The van der Waals surface area contributed by atoms with Gasteiger partial charge in [0.2, 0.25) is 5.24 Å². The maximum Gasteiger partial charge on any atom is 0.254 e. The van der Waals surface area contributed by atoms with Crippen LogP contribution in [0.5, 0.6) is 0 Å². The minimum Gasteiger partial charge on any atom is -0.311 e. The molecule has 0 fully saturated rings. The van der Waals surface area contributed by atoms with E-state index in [1.807, 2.05) is 6.92 Å². The number of nitrogens with zero attached hydrogens (tertiary/aromatic N) is 1. The average molecular weight is 229 g/mol. The van der Waals surface area contributed by atoms with Crippen LogP contribution in [-0.4, -0.2) is 15.2 Å². The first-order valence-corrected chi connectivity index (χ1v) is 5.19. The molecule has 0 spiro atoms. The van der Waals surface area contributed by atoms with Gasteiger partial charge < -0.3 is 4.98 Å². The van der Waals surface area contributed by atoms with Crippen molar-refractivity contribution in [3.63, 3.8) is 0 Å². The average Bonchev–Trinajstić information content (AvgIpc) is 2.14. The summed E-state index contributed by atoms with van der Waals surface area (Å²) in [6.45, 7) is 3.66. The summed E-state index contributed by atoms with van der Waals surface area (Å²) in [6.07, 6.45) is 1.20. The van der Waals surface area contributed by atoms with E-state index in [-0.39, 0.29) is 12.0 Å². The van der Waals surface area contributed by atoms with Crippen LogP contribution in [0.15, 0.2) is 4.79 Å². The maximum absolute atomic E-state index is 11.6. The third kappa shape index (κ3) is 3.16. The van der Waals surface area contributed by atoms with Gasteiger partial charge in [-0.3, -0.25) is 9.59 Å². The van der Waals surface area contributed by atoms with E-state index in [9.17, 15) is 9.59 Å². The minimum atomic E-state index is -0.433. The molecule has 0 aliphatic carbocycles. The van der Waals surface area contributed by atoms with Crippen molar-refractivity contribution >= 4 is 16.8 Å². The van der Waals surface area contributed by atoms with Gasteiger partial charge in [-0.2, -0.15) is 0 Å². The smallest absolute Gasteiger partial charge is 0.254 e. The van der Waals surface area contributed by atoms with E-state index in [0.29, 0.717) is 24.2 Å². The normalized spacial score (nSPS) is 10.3. The van der Waals surface area contributed by atoms with E-state index >= 15 is 0 Å². The van der Waals surface area contributed by atoms with Crippen LogP contribution in [0.4, 0.5) is 0 Å². The predicted molar refractivity (Wildman–Crippen MR) is 58.2 cm³/mol. The molecule has 1 rings (SSSR count). The molecule has 15 heavy (non-hydrogen) atoms. The first-order chi connectivity index (χ1) is 7.04. The number of H-pyrrole nitrogens is 1. The van der Waals surface area contributed by atoms with Gasteiger partial charge in [0.1, 0.15) is 5.82 Å². The molecule has 0 unspecified atom stereocenters. The summed E-state index contributed by atoms with van der Waals surface area (Å²) in [5, 5.41) is -0.433. The fourth-order valence-electron chi connectivity index (χ4n) is 1.44. The van der Waals surface area contributed by atoms with Crippen molar-refractivity contribution in [1.29, 1.82) is 0 Å². The number of aryl methyl sites for hydroxylation is 2. The standard InChI is InChI=1S/C10H13ClN2O2/c1-3-8-7(4-5-9(11)14)10(15)13-6(2)12-8/h3-5H2,1-2H3,(H,12,13,15). The van der Waals surface area contributed by atoms with Gasteiger partial charge >= 0.3 is 0 Å². The van der Waals surface area contributed by atoms with Crippen molar-refractivity contribution < 1.29 is 4.79 Å². The summed E-state index contributed by atoms with van der Waals surface area (Å²) in [4.78, 5) is 29.0. The Morgan fingerprint density at radius 3 is 2.73 bits per heavy atom. The SMILES string of the molecule is CCc1nc(C)[nH]c(=O)c1CCC(=O)Cl. The van der Waals surface area contributed by atoms with Gasteiger partial charge in [-0.1, -0.05) is 6.92 Å². The lowest BCUT2D eigenvalue weighted by Gasteiger charge is -2.05. The van der Waals surface area contributed by atoms with Crippen LogP contribution in [0.3, 0.4) is 0 Å². The molecule has 1 aromatic rings. The van der Waals surface area contributed by atoms with E-state index in [4.69, 9.17) is 11.6 Å². The summed E-state index contributed by atoms with van der Waals surface area (Å²) in [5.74, 6) is 0.595. The molecule has 0 bridgehead atoms. The monoisotopic (exact) mass is 228 g/mol. The summed E-state index contributed by atoms with van der Waals surface area (Å²) < 4.78 is 0. The largest absolute Gasteiger partial charge is 0.311 e. The Kier molecular flexibility index (Phi) is 4.03. The Hall–Kier alpha value is -1.16. The van der Waals surface area contributed by atoms with Crippen molar-refractivity contribution in [3.8, 4) is 0 Å². The van der Waals surface area contributed by atoms with E-state index in [2.05, 4.69) is 9.97 Å². The van der Waals surface area contributed by atoms with Gasteiger partial charge in [-0.25, -0.2) is 4.98 Å². The van der Waals surface area contributed by atoms with Crippen LogP contribution in [0.2, 0.25) is 0 Å². The fourth-order valence-corrected chi connectivity index (χ4v) is 1.54. The molecule has 0 aliphatic heterocycles. The minimum absolute atomic E-state index is 0.169. The van der Waals surface area contributed by atoms with E-state index in [1.54, 1.807) is 6.92 Å². The van der Waals surface area contributed by atoms with Gasteiger partial charge in [-0.05, 0) is 31.4 Å². The molecule has 4 nitrogen and oxygen atoms in total. The fraction of sp³-hybridized carbons (Fsp3) is 0.500. The highest BCUT2D eigenvalue weighted by molar-refractivity contribution is 6.63. The second-order valence-electron chi connectivity index (χ2n) is 3.29. The topological polar surface area (TPSA) is 62.8 Å². The van der Waals surface area contributed by atoms with Crippen molar-refractivity contribution in [2.24, 2.45) is 0 Å². The number of carbonyl (C=O) groups is 1. The molecule has 1 aromatic heterocycles. The number of aromatic nitrogens is 2. The van der Waals surface area contributed by atoms with Crippen LogP contribution in [0.25, 0.3) is 0 Å². The second-order valence-corrected chi connectivity index (χ2v) is 3.71.